The van der Waals surface area contributed by atoms with Crippen molar-refractivity contribution >= 4 is 17.6 Å². The van der Waals surface area contributed by atoms with Crippen LogP contribution in [0.5, 0.6) is 0 Å². The minimum absolute atomic E-state index is 0.00204. The summed E-state index contributed by atoms with van der Waals surface area (Å²) in [4.78, 5) is 23.8. The molecule has 110 valence electrons. The van der Waals surface area contributed by atoms with Gasteiger partial charge in [0.1, 0.15) is 11.9 Å². The van der Waals surface area contributed by atoms with Gasteiger partial charge in [-0.1, -0.05) is 26.3 Å². The number of halogens is 1. The molecular weight excluding hydrogens is 263 g/mol. The topological polar surface area (TPSA) is 81.4 Å². The first-order chi connectivity index (χ1) is 9.42. The van der Waals surface area contributed by atoms with E-state index in [2.05, 4.69) is 10.1 Å². The van der Waals surface area contributed by atoms with Crippen molar-refractivity contribution in [3.8, 4) is 0 Å². The van der Waals surface area contributed by atoms with Gasteiger partial charge in [-0.05, 0) is 18.1 Å². The lowest BCUT2D eigenvalue weighted by molar-refractivity contribution is -0.144. The number of anilines is 1. The Bertz CT molecular complexity index is 505. The van der Waals surface area contributed by atoms with Gasteiger partial charge in [0.15, 0.2) is 0 Å². The van der Waals surface area contributed by atoms with Crippen LogP contribution in [0.2, 0.25) is 0 Å². The Morgan fingerprint density at radius 2 is 2.10 bits per heavy atom. The monoisotopic (exact) mass is 282 g/mol. The Labute approximate surface area is 117 Å². The van der Waals surface area contributed by atoms with Gasteiger partial charge in [0, 0.05) is 0 Å². The molecule has 2 atom stereocenters. The molecule has 0 saturated carbocycles. The number of para-hydroxylation sites is 1. The average Bonchev–Trinajstić information content (AvgIpc) is 2.45. The maximum absolute atomic E-state index is 13.3. The van der Waals surface area contributed by atoms with Crippen LogP contribution in [0.3, 0.4) is 0 Å². The van der Waals surface area contributed by atoms with Gasteiger partial charge in [-0.3, -0.25) is 4.79 Å². The minimum Gasteiger partial charge on any atom is -0.467 e. The van der Waals surface area contributed by atoms with Gasteiger partial charge in [0.25, 0.3) is 5.91 Å². The van der Waals surface area contributed by atoms with Crippen molar-refractivity contribution in [1.82, 2.24) is 5.32 Å². The van der Waals surface area contributed by atoms with E-state index < -0.39 is 23.7 Å². The number of benzene rings is 1. The lowest BCUT2D eigenvalue weighted by atomic mass is 9.98. The highest BCUT2D eigenvalue weighted by molar-refractivity contribution is 6.01. The Morgan fingerprint density at radius 1 is 1.45 bits per heavy atom. The number of esters is 1. The summed E-state index contributed by atoms with van der Waals surface area (Å²) in [6.07, 6.45) is 0.679. The number of nitrogen functional groups attached to an aromatic ring is 1. The zero-order chi connectivity index (χ0) is 15.3. The molecule has 1 rings (SSSR count). The quantitative estimate of drug-likeness (QED) is 0.636. The Kier molecular flexibility index (Phi) is 5.49. The summed E-state index contributed by atoms with van der Waals surface area (Å²) in [5, 5.41) is 2.54. The second kappa shape index (κ2) is 6.88. The minimum atomic E-state index is -0.792. The number of nitrogens with two attached hydrogens (primary N) is 1. The summed E-state index contributed by atoms with van der Waals surface area (Å²) < 4.78 is 18.0. The molecule has 2 unspecified atom stereocenters. The summed E-state index contributed by atoms with van der Waals surface area (Å²) in [5.74, 6) is -1.92. The maximum Gasteiger partial charge on any atom is 0.328 e. The molecule has 5 nitrogen and oxygen atoms in total. The summed E-state index contributed by atoms with van der Waals surface area (Å²) in [5.41, 5.74) is 5.29. The number of hydrogen-bond acceptors (Lipinski definition) is 4. The number of hydrogen-bond donors (Lipinski definition) is 2. The van der Waals surface area contributed by atoms with Crippen LogP contribution in [0.4, 0.5) is 10.1 Å². The van der Waals surface area contributed by atoms with Crippen LogP contribution in [0, 0.1) is 11.7 Å². The lowest BCUT2D eigenvalue weighted by Gasteiger charge is -2.22. The van der Waals surface area contributed by atoms with Crippen LogP contribution in [-0.4, -0.2) is 25.0 Å². The third-order valence-corrected chi connectivity index (χ3v) is 3.25. The second-order valence-corrected chi connectivity index (χ2v) is 4.56. The number of carbonyl (C=O) groups excluding carboxylic acids is 2. The number of rotatable bonds is 5. The number of ether oxygens (including phenoxy) is 1. The summed E-state index contributed by atoms with van der Waals surface area (Å²) in [7, 11) is 1.25. The molecule has 6 heteroatoms. The highest BCUT2D eigenvalue weighted by atomic mass is 19.1. The van der Waals surface area contributed by atoms with E-state index in [9.17, 15) is 14.0 Å². The van der Waals surface area contributed by atoms with E-state index in [4.69, 9.17) is 5.73 Å². The molecule has 0 aliphatic rings. The zero-order valence-corrected chi connectivity index (χ0v) is 11.8. The summed E-state index contributed by atoms with van der Waals surface area (Å²) >= 11 is 0. The molecule has 0 aliphatic carbocycles. The van der Waals surface area contributed by atoms with Crippen molar-refractivity contribution in [2.75, 3.05) is 12.8 Å². The van der Waals surface area contributed by atoms with Crippen molar-refractivity contribution < 1.29 is 18.7 Å². The standard InChI is InChI=1S/C14H19FN2O3/c1-4-8(2)12(14(19)20-3)17-13(18)9-6-5-7-10(15)11(9)16/h5-8,12H,4,16H2,1-3H3,(H,17,18). The van der Waals surface area contributed by atoms with Gasteiger partial charge in [-0.2, -0.15) is 0 Å². The lowest BCUT2D eigenvalue weighted by Crippen LogP contribution is -2.45. The van der Waals surface area contributed by atoms with E-state index in [0.717, 1.165) is 0 Å². The molecule has 0 spiro atoms. The average molecular weight is 282 g/mol. The first kappa shape index (κ1) is 15.9. The predicted molar refractivity (Wildman–Crippen MR) is 73.5 cm³/mol. The Hall–Kier alpha value is -2.11. The van der Waals surface area contributed by atoms with E-state index in [0.29, 0.717) is 6.42 Å². The molecule has 0 radical (unpaired) electrons. The van der Waals surface area contributed by atoms with E-state index in [1.807, 2.05) is 13.8 Å². The van der Waals surface area contributed by atoms with Gasteiger partial charge < -0.3 is 15.8 Å². The van der Waals surface area contributed by atoms with Crippen LogP contribution in [0.25, 0.3) is 0 Å². The molecule has 0 bridgehead atoms. The molecule has 0 heterocycles. The fourth-order valence-corrected chi connectivity index (χ4v) is 1.75. The van der Waals surface area contributed by atoms with Crippen molar-refractivity contribution in [3.63, 3.8) is 0 Å². The van der Waals surface area contributed by atoms with Crippen LogP contribution in [-0.2, 0) is 9.53 Å². The van der Waals surface area contributed by atoms with Crippen molar-refractivity contribution in [3.05, 3.63) is 29.6 Å². The van der Waals surface area contributed by atoms with Crippen molar-refractivity contribution in [1.29, 1.82) is 0 Å². The molecule has 1 amide bonds. The van der Waals surface area contributed by atoms with Crippen LogP contribution >= 0.6 is 0 Å². The highest BCUT2D eigenvalue weighted by Gasteiger charge is 2.27. The normalized spacial score (nSPS) is 13.4. The molecule has 0 saturated heterocycles. The third kappa shape index (κ3) is 3.46. The van der Waals surface area contributed by atoms with E-state index in [-0.39, 0.29) is 17.2 Å². The van der Waals surface area contributed by atoms with E-state index >= 15 is 0 Å². The molecule has 3 N–H and O–H groups in total. The highest BCUT2D eigenvalue weighted by Crippen LogP contribution is 2.17. The SMILES string of the molecule is CCC(C)C(NC(=O)c1cccc(F)c1N)C(=O)OC. The number of amides is 1. The second-order valence-electron chi connectivity index (χ2n) is 4.56. The molecular formula is C14H19FN2O3. The predicted octanol–water partition coefficient (Wildman–Crippen LogP) is 1.73. The Balaban J connectivity index is 2.96. The van der Waals surface area contributed by atoms with Gasteiger partial charge in [0.2, 0.25) is 0 Å². The Morgan fingerprint density at radius 3 is 2.65 bits per heavy atom. The van der Waals surface area contributed by atoms with Gasteiger partial charge >= 0.3 is 5.97 Å². The van der Waals surface area contributed by atoms with Gasteiger partial charge in [0.05, 0.1) is 18.4 Å². The molecule has 0 fully saturated rings. The van der Waals surface area contributed by atoms with Gasteiger partial charge in [-0.25, -0.2) is 9.18 Å². The molecule has 1 aromatic carbocycles. The number of methoxy groups -OCH3 is 1. The summed E-state index contributed by atoms with van der Waals surface area (Å²) in [6.45, 7) is 3.71. The van der Waals surface area contributed by atoms with Crippen molar-refractivity contribution in [2.24, 2.45) is 5.92 Å². The van der Waals surface area contributed by atoms with Crippen LogP contribution in [0.15, 0.2) is 18.2 Å². The van der Waals surface area contributed by atoms with Gasteiger partial charge in [-0.15, -0.1) is 0 Å². The molecule has 0 aliphatic heterocycles. The number of carbonyl (C=O) groups is 2. The molecule has 20 heavy (non-hydrogen) atoms. The van der Waals surface area contributed by atoms with E-state index in [1.54, 1.807) is 0 Å². The fraction of sp³-hybridized carbons (Fsp3) is 0.429. The molecule has 0 aromatic heterocycles. The van der Waals surface area contributed by atoms with Crippen LogP contribution < -0.4 is 11.1 Å². The smallest absolute Gasteiger partial charge is 0.328 e. The molecule has 1 aromatic rings. The third-order valence-electron chi connectivity index (χ3n) is 3.25. The van der Waals surface area contributed by atoms with E-state index in [1.165, 1.54) is 25.3 Å². The maximum atomic E-state index is 13.3. The first-order valence-electron chi connectivity index (χ1n) is 6.35. The van der Waals surface area contributed by atoms with Crippen molar-refractivity contribution in [2.45, 2.75) is 26.3 Å². The first-order valence-corrected chi connectivity index (χ1v) is 6.35. The summed E-state index contributed by atoms with van der Waals surface area (Å²) in [6, 6.07) is 3.16. The number of nitrogens with one attached hydrogen (secondary N) is 1. The largest absolute Gasteiger partial charge is 0.467 e. The fourth-order valence-electron chi connectivity index (χ4n) is 1.75. The zero-order valence-electron chi connectivity index (χ0n) is 11.8. The van der Waals surface area contributed by atoms with Crippen LogP contribution in [0.1, 0.15) is 30.6 Å².